The average molecular weight is 456 g/mol. The van der Waals surface area contributed by atoms with Gasteiger partial charge in [0.15, 0.2) is 6.61 Å². The molecule has 168 valence electrons. The predicted octanol–water partition coefficient (Wildman–Crippen LogP) is 3.37. The van der Waals surface area contributed by atoms with Crippen molar-refractivity contribution in [2.45, 2.75) is 25.7 Å². The molecule has 0 radical (unpaired) electrons. The van der Waals surface area contributed by atoms with E-state index in [0.717, 1.165) is 0 Å². The Morgan fingerprint density at radius 3 is 2.47 bits per heavy atom. The topological polar surface area (TPSA) is 106 Å². The lowest BCUT2D eigenvalue weighted by molar-refractivity contribution is -0.119. The van der Waals surface area contributed by atoms with Crippen LogP contribution in [0.3, 0.4) is 0 Å². The van der Waals surface area contributed by atoms with Crippen molar-refractivity contribution in [3.63, 3.8) is 0 Å². The fourth-order valence-corrected chi connectivity index (χ4v) is 4.83. The Hall–Kier alpha value is -3.30. The zero-order valence-corrected chi connectivity index (χ0v) is 19.0. The van der Waals surface area contributed by atoms with Gasteiger partial charge in [0.05, 0.1) is 16.0 Å². The van der Waals surface area contributed by atoms with E-state index in [1.54, 1.807) is 57.2 Å². The summed E-state index contributed by atoms with van der Waals surface area (Å²) >= 11 is 0. The van der Waals surface area contributed by atoms with Crippen LogP contribution in [0.5, 0.6) is 0 Å². The summed E-state index contributed by atoms with van der Waals surface area (Å²) in [6.45, 7) is 5.46. The fraction of sp³-hybridized carbons (Fsp3) is 0.261. The van der Waals surface area contributed by atoms with Crippen molar-refractivity contribution >= 4 is 38.5 Å². The number of pyridine rings is 1. The number of para-hydroxylation sites is 1. The Kier molecular flexibility index (Phi) is 7.22. The van der Waals surface area contributed by atoms with Crippen molar-refractivity contribution in [3.8, 4) is 0 Å². The lowest BCUT2D eigenvalue weighted by atomic mass is 10.1. The number of fused-ring (bicyclic) bond motifs is 1. The number of hydrogen-bond acceptors (Lipinski definition) is 6. The second kappa shape index (κ2) is 9.88. The summed E-state index contributed by atoms with van der Waals surface area (Å²) in [5.41, 5.74) is 1.94. The van der Waals surface area contributed by atoms with Crippen molar-refractivity contribution in [2.75, 3.05) is 25.0 Å². The molecule has 9 heteroatoms. The maximum absolute atomic E-state index is 12.7. The van der Waals surface area contributed by atoms with Gasteiger partial charge < -0.3 is 10.1 Å². The number of benzene rings is 2. The number of esters is 1. The lowest BCUT2D eigenvalue weighted by Crippen LogP contribution is -2.30. The number of ether oxygens (including phenoxy) is 1. The summed E-state index contributed by atoms with van der Waals surface area (Å²) in [5.74, 6) is -1.22. The monoisotopic (exact) mass is 455 g/mol. The number of nitrogens with one attached hydrogen (secondary N) is 1. The largest absolute Gasteiger partial charge is 0.452 e. The third-order valence-electron chi connectivity index (χ3n) is 4.86. The standard InChI is InChI=1S/C23H25N3O5S/c1-4-26(5-2)32(29,30)18-10-8-9-17(14-18)25-22(27)15-31-23(28)20-13-16(3)24-21-12-7-6-11-19(20)21/h6-14H,4-5,15H2,1-3H3,(H,25,27). The molecule has 0 unspecified atom stereocenters. The molecule has 0 saturated carbocycles. The fourth-order valence-electron chi connectivity index (χ4n) is 3.33. The van der Waals surface area contributed by atoms with Gasteiger partial charge in [0.2, 0.25) is 10.0 Å². The number of aryl methyl sites for hydroxylation is 1. The number of sulfonamides is 1. The zero-order chi connectivity index (χ0) is 23.3. The molecule has 8 nitrogen and oxygen atoms in total. The van der Waals surface area contributed by atoms with Crippen LogP contribution in [0.2, 0.25) is 0 Å². The van der Waals surface area contributed by atoms with Crippen LogP contribution >= 0.6 is 0 Å². The summed E-state index contributed by atoms with van der Waals surface area (Å²) in [7, 11) is -3.66. The van der Waals surface area contributed by atoms with Crippen LogP contribution in [-0.4, -0.2) is 49.3 Å². The van der Waals surface area contributed by atoms with Gasteiger partial charge in [-0.15, -0.1) is 0 Å². The quantitative estimate of drug-likeness (QED) is 0.522. The second-order valence-corrected chi connectivity index (χ2v) is 9.01. The number of aromatic nitrogens is 1. The Balaban J connectivity index is 1.69. The van der Waals surface area contributed by atoms with Crippen molar-refractivity contribution < 1.29 is 22.7 Å². The van der Waals surface area contributed by atoms with Gasteiger partial charge in [-0.1, -0.05) is 38.1 Å². The summed E-state index contributed by atoms with van der Waals surface area (Å²) in [6.07, 6.45) is 0. The van der Waals surface area contributed by atoms with Gasteiger partial charge in [-0.3, -0.25) is 9.78 Å². The van der Waals surface area contributed by atoms with Crippen LogP contribution in [0.1, 0.15) is 29.9 Å². The minimum absolute atomic E-state index is 0.0784. The van der Waals surface area contributed by atoms with E-state index in [4.69, 9.17) is 4.74 Å². The van der Waals surface area contributed by atoms with E-state index in [0.29, 0.717) is 40.9 Å². The van der Waals surface area contributed by atoms with Gasteiger partial charge >= 0.3 is 5.97 Å². The molecule has 3 aromatic rings. The van der Waals surface area contributed by atoms with Gasteiger partial charge in [0.1, 0.15) is 0 Å². The number of hydrogen-bond donors (Lipinski definition) is 1. The first kappa shape index (κ1) is 23.4. The maximum Gasteiger partial charge on any atom is 0.339 e. The maximum atomic E-state index is 12.7. The molecule has 1 heterocycles. The summed E-state index contributed by atoms with van der Waals surface area (Å²) in [5, 5.41) is 3.21. The summed E-state index contributed by atoms with van der Waals surface area (Å²) in [6, 6.07) is 14.8. The van der Waals surface area contributed by atoms with Gasteiger partial charge in [-0.05, 0) is 37.3 Å². The van der Waals surface area contributed by atoms with E-state index >= 15 is 0 Å². The molecule has 0 saturated heterocycles. The molecule has 1 amide bonds. The molecule has 2 aromatic carbocycles. The average Bonchev–Trinajstić information content (AvgIpc) is 2.77. The molecular formula is C23H25N3O5S. The van der Waals surface area contributed by atoms with Crippen molar-refractivity contribution in [2.24, 2.45) is 0 Å². The number of anilines is 1. The molecule has 0 spiro atoms. The molecule has 0 aliphatic rings. The molecule has 0 bridgehead atoms. The smallest absolute Gasteiger partial charge is 0.339 e. The minimum Gasteiger partial charge on any atom is -0.452 e. The number of carbonyl (C=O) groups is 2. The third-order valence-corrected chi connectivity index (χ3v) is 6.91. The Labute approximate surface area is 187 Å². The first-order chi connectivity index (χ1) is 15.3. The molecule has 32 heavy (non-hydrogen) atoms. The van der Waals surface area contributed by atoms with E-state index < -0.39 is 28.5 Å². The van der Waals surface area contributed by atoms with Gasteiger partial charge in [0.25, 0.3) is 5.91 Å². The third kappa shape index (κ3) is 5.12. The molecule has 0 aliphatic carbocycles. The second-order valence-electron chi connectivity index (χ2n) is 7.07. The van der Waals surface area contributed by atoms with E-state index in [1.165, 1.54) is 16.4 Å². The number of amides is 1. The minimum atomic E-state index is -3.66. The molecule has 0 atom stereocenters. The number of carbonyl (C=O) groups excluding carboxylic acids is 2. The van der Waals surface area contributed by atoms with Crippen LogP contribution in [0.15, 0.2) is 59.5 Å². The molecule has 1 N–H and O–H groups in total. The predicted molar refractivity (Wildman–Crippen MR) is 122 cm³/mol. The van der Waals surface area contributed by atoms with Crippen LogP contribution < -0.4 is 5.32 Å². The molecular weight excluding hydrogens is 430 g/mol. The SMILES string of the molecule is CCN(CC)S(=O)(=O)c1cccc(NC(=O)COC(=O)c2cc(C)nc3ccccc23)c1. The van der Waals surface area contributed by atoms with E-state index in [-0.39, 0.29) is 4.90 Å². The van der Waals surface area contributed by atoms with E-state index in [1.807, 2.05) is 6.07 Å². The van der Waals surface area contributed by atoms with Gasteiger partial charge in [0, 0.05) is 29.9 Å². The van der Waals surface area contributed by atoms with Crippen LogP contribution in [0, 0.1) is 6.92 Å². The molecule has 1 aromatic heterocycles. The van der Waals surface area contributed by atoms with Crippen molar-refractivity contribution in [3.05, 3.63) is 65.9 Å². The number of nitrogens with zero attached hydrogens (tertiary/aromatic N) is 2. The van der Waals surface area contributed by atoms with Crippen molar-refractivity contribution in [1.82, 2.24) is 9.29 Å². The first-order valence-electron chi connectivity index (χ1n) is 10.2. The van der Waals surface area contributed by atoms with Crippen LogP contribution in [0.25, 0.3) is 10.9 Å². The molecule has 0 aliphatic heterocycles. The van der Waals surface area contributed by atoms with E-state index in [9.17, 15) is 18.0 Å². The van der Waals surface area contributed by atoms with Crippen molar-refractivity contribution in [1.29, 1.82) is 0 Å². The Morgan fingerprint density at radius 2 is 1.75 bits per heavy atom. The Morgan fingerprint density at radius 1 is 1.03 bits per heavy atom. The van der Waals surface area contributed by atoms with Gasteiger partial charge in [-0.2, -0.15) is 4.31 Å². The first-order valence-corrected chi connectivity index (χ1v) is 11.6. The zero-order valence-electron chi connectivity index (χ0n) is 18.2. The highest BCUT2D eigenvalue weighted by molar-refractivity contribution is 7.89. The lowest BCUT2D eigenvalue weighted by Gasteiger charge is -2.18. The summed E-state index contributed by atoms with van der Waals surface area (Å²) in [4.78, 5) is 29.4. The highest BCUT2D eigenvalue weighted by Gasteiger charge is 2.22. The highest BCUT2D eigenvalue weighted by atomic mass is 32.2. The van der Waals surface area contributed by atoms with Gasteiger partial charge in [-0.25, -0.2) is 13.2 Å². The van der Waals surface area contributed by atoms with Crippen LogP contribution in [0.4, 0.5) is 5.69 Å². The molecule has 3 rings (SSSR count). The normalized spacial score (nSPS) is 11.5. The highest BCUT2D eigenvalue weighted by Crippen LogP contribution is 2.21. The summed E-state index contributed by atoms with van der Waals surface area (Å²) < 4.78 is 31.9. The molecule has 0 fully saturated rings. The number of rotatable bonds is 8. The van der Waals surface area contributed by atoms with Crippen LogP contribution in [-0.2, 0) is 19.6 Å². The van der Waals surface area contributed by atoms with E-state index in [2.05, 4.69) is 10.3 Å². The Bertz CT molecular complexity index is 1250.